The van der Waals surface area contributed by atoms with Crippen molar-refractivity contribution in [2.75, 3.05) is 0 Å². The van der Waals surface area contributed by atoms with Crippen LogP contribution in [0, 0.1) is 20.8 Å². The molecular weight excluding hydrogens is 421 g/mol. The van der Waals surface area contributed by atoms with E-state index in [2.05, 4.69) is 35.8 Å². The molecule has 0 aliphatic heterocycles. The van der Waals surface area contributed by atoms with E-state index in [1.165, 1.54) is 11.1 Å². The van der Waals surface area contributed by atoms with Crippen molar-refractivity contribution in [3.63, 3.8) is 0 Å². The maximum absolute atomic E-state index is 12.9. The Kier molecular flexibility index (Phi) is 6.48. The quantitative estimate of drug-likeness (QED) is 0.337. The normalized spacial score (nSPS) is 10.2. The maximum Gasteiger partial charge on any atom is 0.194 e. The summed E-state index contributed by atoms with van der Waals surface area (Å²) in [5.41, 5.74) is 6.06. The molecule has 0 spiro atoms. The van der Waals surface area contributed by atoms with Crippen LogP contribution in [0.25, 0.3) is 0 Å². The Labute approximate surface area is 166 Å². The summed E-state index contributed by atoms with van der Waals surface area (Å²) in [5, 5.41) is 0. The van der Waals surface area contributed by atoms with Crippen molar-refractivity contribution in [1.82, 2.24) is 0 Å². The number of aromatic nitrogens is 1. The second-order valence-corrected chi connectivity index (χ2v) is 6.35. The van der Waals surface area contributed by atoms with Crippen LogP contribution in [0.5, 0.6) is 0 Å². The molecule has 0 amide bonds. The zero-order valence-electron chi connectivity index (χ0n) is 14.8. The van der Waals surface area contributed by atoms with Gasteiger partial charge < -0.3 is 24.0 Å². The van der Waals surface area contributed by atoms with Gasteiger partial charge in [0, 0.05) is 28.8 Å². The summed E-state index contributed by atoms with van der Waals surface area (Å²) in [7, 11) is 0. The molecule has 128 valence electrons. The van der Waals surface area contributed by atoms with Gasteiger partial charge in [0.15, 0.2) is 24.7 Å². The molecule has 3 heteroatoms. The molecule has 0 aliphatic carbocycles. The fraction of sp³-hybridized carbons (Fsp3) is 0.182. The second-order valence-electron chi connectivity index (χ2n) is 6.35. The highest BCUT2D eigenvalue weighted by molar-refractivity contribution is 6.10. The first-order valence-corrected chi connectivity index (χ1v) is 8.20. The molecule has 0 aliphatic rings. The Morgan fingerprint density at radius 1 is 0.880 bits per heavy atom. The summed E-state index contributed by atoms with van der Waals surface area (Å²) in [5.74, 6) is 0.0943. The molecule has 0 saturated heterocycles. The van der Waals surface area contributed by atoms with Crippen LogP contribution < -0.4 is 28.5 Å². The van der Waals surface area contributed by atoms with Crippen molar-refractivity contribution in [3.05, 3.63) is 100 Å². The number of nitrogens with zero attached hydrogens (tertiary/aromatic N) is 1. The van der Waals surface area contributed by atoms with Gasteiger partial charge in [0.1, 0.15) is 0 Å². The molecule has 2 aromatic carbocycles. The number of aryl methyl sites for hydroxylation is 3. The van der Waals surface area contributed by atoms with E-state index in [-0.39, 0.29) is 29.8 Å². The largest absolute Gasteiger partial charge is 1.00 e. The number of carbonyl (C=O) groups excluding carboxylic acids is 1. The van der Waals surface area contributed by atoms with Crippen LogP contribution in [0.2, 0.25) is 0 Å². The van der Waals surface area contributed by atoms with E-state index >= 15 is 0 Å². The highest BCUT2D eigenvalue weighted by Gasteiger charge is 2.16. The summed E-state index contributed by atoms with van der Waals surface area (Å²) < 4.78 is 2.08. The molecule has 3 rings (SSSR count). The third-order valence-electron chi connectivity index (χ3n) is 4.27. The minimum atomic E-state index is 0. The standard InChI is InChI=1S/C22H22NO.HI/c1-16-13-17(2)21(18(3)14-16)22(24)20-9-11-23(12-10-20)15-19-7-5-4-6-8-19;/h4-14H,15H2,1-3H3;1H/q+1;/p-1. The number of halogens is 1. The molecule has 0 radical (unpaired) electrons. The fourth-order valence-electron chi connectivity index (χ4n) is 3.19. The summed E-state index contributed by atoms with van der Waals surface area (Å²) in [6, 6.07) is 18.2. The summed E-state index contributed by atoms with van der Waals surface area (Å²) in [6.45, 7) is 6.87. The molecule has 0 N–H and O–H groups in total. The minimum Gasteiger partial charge on any atom is -1.00 e. The van der Waals surface area contributed by atoms with Gasteiger partial charge in [-0.15, -0.1) is 0 Å². The fourth-order valence-corrected chi connectivity index (χ4v) is 3.19. The van der Waals surface area contributed by atoms with Crippen LogP contribution in [-0.4, -0.2) is 5.78 Å². The highest BCUT2D eigenvalue weighted by Crippen LogP contribution is 2.19. The summed E-state index contributed by atoms with van der Waals surface area (Å²) >= 11 is 0. The zero-order valence-corrected chi connectivity index (χ0v) is 16.9. The Bertz CT molecular complexity index is 847. The average Bonchev–Trinajstić information content (AvgIpc) is 2.55. The van der Waals surface area contributed by atoms with Gasteiger partial charge in [0.2, 0.25) is 0 Å². The molecule has 1 aromatic heterocycles. The van der Waals surface area contributed by atoms with Crippen molar-refractivity contribution in [2.45, 2.75) is 27.3 Å². The van der Waals surface area contributed by atoms with Crippen molar-refractivity contribution in [2.24, 2.45) is 0 Å². The minimum absolute atomic E-state index is 0. The van der Waals surface area contributed by atoms with Crippen molar-refractivity contribution < 1.29 is 33.3 Å². The average molecular weight is 443 g/mol. The van der Waals surface area contributed by atoms with E-state index in [4.69, 9.17) is 0 Å². The number of hydrogen-bond acceptors (Lipinski definition) is 1. The number of rotatable bonds is 4. The van der Waals surface area contributed by atoms with Gasteiger partial charge >= 0.3 is 0 Å². The SMILES string of the molecule is Cc1cc(C)c(C(=O)c2cc[n+](Cc3ccccc3)cc2)c(C)c1.[I-]. The summed E-state index contributed by atoms with van der Waals surface area (Å²) in [4.78, 5) is 12.9. The zero-order chi connectivity index (χ0) is 17.1. The van der Waals surface area contributed by atoms with E-state index in [1.54, 1.807) is 0 Å². The van der Waals surface area contributed by atoms with Crippen LogP contribution in [0.3, 0.4) is 0 Å². The molecule has 3 aromatic rings. The lowest BCUT2D eigenvalue weighted by atomic mass is 9.93. The van der Waals surface area contributed by atoms with Gasteiger partial charge in [-0.05, 0) is 31.9 Å². The van der Waals surface area contributed by atoms with E-state index in [0.29, 0.717) is 0 Å². The topological polar surface area (TPSA) is 20.9 Å². The highest BCUT2D eigenvalue weighted by atomic mass is 127. The smallest absolute Gasteiger partial charge is 0.194 e. The Hall–Kier alpha value is -2.01. The van der Waals surface area contributed by atoms with Crippen LogP contribution in [0.1, 0.15) is 38.2 Å². The first-order valence-electron chi connectivity index (χ1n) is 8.20. The molecule has 2 nitrogen and oxygen atoms in total. The number of carbonyl (C=O) groups is 1. The van der Waals surface area contributed by atoms with Gasteiger partial charge in [-0.3, -0.25) is 4.79 Å². The first-order chi connectivity index (χ1) is 11.5. The molecule has 0 bridgehead atoms. The lowest BCUT2D eigenvalue weighted by Gasteiger charge is -2.10. The monoisotopic (exact) mass is 443 g/mol. The van der Waals surface area contributed by atoms with Gasteiger partial charge in [-0.1, -0.05) is 48.0 Å². The van der Waals surface area contributed by atoms with Crippen LogP contribution in [0.15, 0.2) is 67.0 Å². The summed E-state index contributed by atoms with van der Waals surface area (Å²) in [6.07, 6.45) is 3.94. The van der Waals surface area contributed by atoms with Gasteiger partial charge in [-0.25, -0.2) is 4.57 Å². The number of hydrogen-bond donors (Lipinski definition) is 0. The molecule has 25 heavy (non-hydrogen) atoms. The predicted octanol–water partition coefficient (Wildman–Crippen LogP) is 1.18. The van der Waals surface area contributed by atoms with Crippen molar-refractivity contribution >= 4 is 5.78 Å². The molecular formula is C22H22INO. The number of benzene rings is 2. The maximum atomic E-state index is 12.9. The lowest BCUT2D eigenvalue weighted by molar-refractivity contribution is -0.688. The number of ketones is 1. The van der Waals surface area contributed by atoms with Crippen LogP contribution in [-0.2, 0) is 6.54 Å². The lowest BCUT2D eigenvalue weighted by Crippen LogP contribution is -3.00. The van der Waals surface area contributed by atoms with Crippen LogP contribution >= 0.6 is 0 Å². The number of pyridine rings is 1. The van der Waals surface area contributed by atoms with E-state index in [9.17, 15) is 4.79 Å². The first kappa shape index (κ1) is 19.3. The molecule has 0 fully saturated rings. The molecule has 0 unspecified atom stereocenters. The van der Waals surface area contributed by atoms with E-state index in [1.807, 2.05) is 56.6 Å². The molecule has 0 atom stereocenters. The Morgan fingerprint density at radius 3 is 2.00 bits per heavy atom. The van der Waals surface area contributed by atoms with Crippen LogP contribution in [0.4, 0.5) is 0 Å². The molecule has 1 heterocycles. The van der Waals surface area contributed by atoms with E-state index in [0.717, 1.165) is 28.8 Å². The molecule has 0 saturated carbocycles. The Morgan fingerprint density at radius 2 is 1.44 bits per heavy atom. The Balaban J connectivity index is 0.00000225. The second kappa shape index (κ2) is 8.39. The van der Waals surface area contributed by atoms with Gasteiger partial charge in [-0.2, -0.15) is 0 Å². The van der Waals surface area contributed by atoms with Crippen molar-refractivity contribution in [1.29, 1.82) is 0 Å². The van der Waals surface area contributed by atoms with Gasteiger partial charge in [0.05, 0.1) is 0 Å². The van der Waals surface area contributed by atoms with Crippen molar-refractivity contribution in [3.8, 4) is 0 Å². The third kappa shape index (κ3) is 4.54. The van der Waals surface area contributed by atoms with E-state index < -0.39 is 0 Å². The van der Waals surface area contributed by atoms with Gasteiger partial charge in [0.25, 0.3) is 0 Å². The predicted molar refractivity (Wildman–Crippen MR) is 96.3 cm³/mol. The third-order valence-corrected chi connectivity index (χ3v) is 4.27.